The minimum atomic E-state index is 0.563. The van der Waals surface area contributed by atoms with Crippen molar-refractivity contribution < 1.29 is 4.74 Å². The number of nitrogens with one attached hydrogen (secondary N) is 1. The Labute approximate surface area is 136 Å². The molecule has 2 heterocycles. The Morgan fingerprint density at radius 1 is 1.43 bits per heavy atom. The number of halogens is 1. The lowest BCUT2D eigenvalue weighted by Gasteiger charge is -2.34. The van der Waals surface area contributed by atoms with Crippen LogP contribution in [0.5, 0.6) is 5.75 Å². The summed E-state index contributed by atoms with van der Waals surface area (Å²) < 4.78 is 7.03. The maximum atomic E-state index is 5.85. The molecule has 2 aliphatic heterocycles. The SMILES string of the molecule is CC(C)NC1CCCN(Cc2cc(Br)cc3c2OCC3)C1. The summed E-state index contributed by atoms with van der Waals surface area (Å²) in [5.41, 5.74) is 2.69. The molecule has 1 aromatic rings. The number of likely N-dealkylation sites (tertiary alicyclic amines) is 1. The first-order valence-electron chi connectivity index (χ1n) is 8.04. The monoisotopic (exact) mass is 352 g/mol. The van der Waals surface area contributed by atoms with E-state index in [4.69, 9.17) is 4.74 Å². The van der Waals surface area contributed by atoms with Gasteiger partial charge in [0.15, 0.2) is 0 Å². The molecule has 1 unspecified atom stereocenters. The molecule has 0 saturated carbocycles. The Morgan fingerprint density at radius 2 is 2.29 bits per heavy atom. The van der Waals surface area contributed by atoms with Gasteiger partial charge in [0.05, 0.1) is 6.61 Å². The third kappa shape index (κ3) is 3.79. The summed E-state index contributed by atoms with van der Waals surface area (Å²) in [7, 11) is 0. The smallest absolute Gasteiger partial charge is 0.127 e. The van der Waals surface area contributed by atoms with Crippen molar-refractivity contribution in [1.29, 1.82) is 0 Å². The highest BCUT2D eigenvalue weighted by atomic mass is 79.9. The molecule has 3 nitrogen and oxygen atoms in total. The molecule has 3 rings (SSSR count). The molecule has 0 bridgehead atoms. The molecule has 1 saturated heterocycles. The zero-order valence-electron chi connectivity index (χ0n) is 13.0. The topological polar surface area (TPSA) is 24.5 Å². The van der Waals surface area contributed by atoms with Gasteiger partial charge in [0.2, 0.25) is 0 Å². The highest BCUT2D eigenvalue weighted by Crippen LogP contribution is 2.34. The van der Waals surface area contributed by atoms with Gasteiger partial charge in [-0.05, 0) is 37.1 Å². The highest BCUT2D eigenvalue weighted by Gasteiger charge is 2.23. The maximum absolute atomic E-state index is 5.85. The van der Waals surface area contributed by atoms with Crippen LogP contribution < -0.4 is 10.1 Å². The summed E-state index contributed by atoms with van der Waals surface area (Å²) in [6.45, 7) is 8.62. The second-order valence-electron chi connectivity index (χ2n) is 6.55. The molecule has 21 heavy (non-hydrogen) atoms. The molecule has 0 aliphatic carbocycles. The van der Waals surface area contributed by atoms with Crippen LogP contribution in [0, 0.1) is 0 Å². The predicted octanol–water partition coefficient (Wildman–Crippen LogP) is 3.35. The first-order valence-corrected chi connectivity index (χ1v) is 8.83. The fourth-order valence-corrected chi connectivity index (χ4v) is 4.06. The van der Waals surface area contributed by atoms with Gasteiger partial charge >= 0.3 is 0 Å². The molecule has 0 aromatic heterocycles. The van der Waals surface area contributed by atoms with Crippen LogP contribution in [0.25, 0.3) is 0 Å². The highest BCUT2D eigenvalue weighted by molar-refractivity contribution is 9.10. The lowest BCUT2D eigenvalue weighted by Crippen LogP contribution is -2.47. The van der Waals surface area contributed by atoms with Gasteiger partial charge in [-0.25, -0.2) is 0 Å². The number of piperidine rings is 1. The van der Waals surface area contributed by atoms with Crippen molar-refractivity contribution in [2.75, 3.05) is 19.7 Å². The van der Waals surface area contributed by atoms with Crippen molar-refractivity contribution in [2.24, 2.45) is 0 Å². The van der Waals surface area contributed by atoms with Gasteiger partial charge < -0.3 is 10.1 Å². The average molecular weight is 353 g/mol. The Bertz CT molecular complexity index is 504. The normalized spacial score (nSPS) is 22.4. The van der Waals surface area contributed by atoms with Crippen LogP contribution in [-0.2, 0) is 13.0 Å². The Kier molecular flexibility index (Phi) is 4.87. The quantitative estimate of drug-likeness (QED) is 0.899. The van der Waals surface area contributed by atoms with E-state index in [1.165, 1.54) is 35.0 Å². The minimum Gasteiger partial charge on any atom is -0.493 e. The number of rotatable bonds is 4. The van der Waals surface area contributed by atoms with Crippen LogP contribution >= 0.6 is 15.9 Å². The van der Waals surface area contributed by atoms with E-state index in [1.807, 2.05) is 0 Å². The van der Waals surface area contributed by atoms with E-state index in [-0.39, 0.29) is 0 Å². The molecule has 1 fully saturated rings. The van der Waals surface area contributed by atoms with Gasteiger partial charge in [-0.3, -0.25) is 4.90 Å². The number of hydrogen-bond acceptors (Lipinski definition) is 3. The van der Waals surface area contributed by atoms with Crippen LogP contribution in [0.1, 0.15) is 37.8 Å². The van der Waals surface area contributed by atoms with Crippen molar-refractivity contribution >= 4 is 15.9 Å². The van der Waals surface area contributed by atoms with Gasteiger partial charge in [0.25, 0.3) is 0 Å². The molecule has 116 valence electrons. The second kappa shape index (κ2) is 6.67. The molecule has 2 aliphatic rings. The van der Waals surface area contributed by atoms with Gasteiger partial charge in [-0.2, -0.15) is 0 Å². The number of ether oxygens (including phenoxy) is 1. The lowest BCUT2D eigenvalue weighted by atomic mass is 10.0. The van der Waals surface area contributed by atoms with E-state index in [9.17, 15) is 0 Å². The summed E-state index contributed by atoms with van der Waals surface area (Å²) in [4.78, 5) is 2.56. The summed E-state index contributed by atoms with van der Waals surface area (Å²) in [6, 6.07) is 5.61. The maximum Gasteiger partial charge on any atom is 0.127 e. The summed E-state index contributed by atoms with van der Waals surface area (Å²) >= 11 is 3.64. The summed E-state index contributed by atoms with van der Waals surface area (Å²) in [6.07, 6.45) is 3.61. The lowest BCUT2D eigenvalue weighted by molar-refractivity contribution is 0.176. The first kappa shape index (κ1) is 15.3. The number of hydrogen-bond donors (Lipinski definition) is 1. The molecule has 4 heteroatoms. The third-order valence-electron chi connectivity index (χ3n) is 4.29. The van der Waals surface area contributed by atoms with E-state index in [2.05, 4.69) is 52.1 Å². The van der Waals surface area contributed by atoms with Crippen molar-refractivity contribution in [2.45, 2.75) is 51.7 Å². The Morgan fingerprint density at radius 3 is 3.10 bits per heavy atom. The van der Waals surface area contributed by atoms with E-state index in [0.717, 1.165) is 31.9 Å². The summed E-state index contributed by atoms with van der Waals surface area (Å²) in [5, 5.41) is 3.68. The minimum absolute atomic E-state index is 0.563. The third-order valence-corrected chi connectivity index (χ3v) is 4.75. The van der Waals surface area contributed by atoms with Crippen LogP contribution in [-0.4, -0.2) is 36.7 Å². The second-order valence-corrected chi connectivity index (χ2v) is 7.46. The molecule has 1 aromatic carbocycles. The Hall–Kier alpha value is -0.580. The van der Waals surface area contributed by atoms with Gasteiger partial charge in [-0.1, -0.05) is 29.8 Å². The van der Waals surface area contributed by atoms with Gasteiger partial charge in [0.1, 0.15) is 5.75 Å². The first-order chi connectivity index (χ1) is 10.1. The standard InChI is InChI=1S/C17H25BrN2O/c1-12(2)19-16-4-3-6-20(11-16)10-14-9-15(18)8-13-5-7-21-17(13)14/h8-9,12,16,19H,3-7,10-11H2,1-2H3. The van der Waals surface area contributed by atoms with Crippen molar-refractivity contribution in [3.05, 3.63) is 27.7 Å². The van der Waals surface area contributed by atoms with E-state index < -0.39 is 0 Å². The Balaban J connectivity index is 1.69. The molecule has 1 N–H and O–H groups in total. The fraction of sp³-hybridized carbons (Fsp3) is 0.647. The van der Waals surface area contributed by atoms with Crippen molar-refractivity contribution in [1.82, 2.24) is 10.2 Å². The van der Waals surface area contributed by atoms with Crippen molar-refractivity contribution in [3.8, 4) is 5.75 Å². The van der Waals surface area contributed by atoms with E-state index in [1.54, 1.807) is 0 Å². The van der Waals surface area contributed by atoms with Crippen LogP contribution in [0.3, 0.4) is 0 Å². The molecule has 0 radical (unpaired) electrons. The zero-order valence-corrected chi connectivity index (χ0v) is 14.6. The van der Waals surface area contributed by atoms with Crippen LogP contribution in [0.15, 0.2) is 16.6 Å². The zero-order chi connectivity index (χ0) is 14.8. The van der Waals surface area contributed by atoms with E-state index in [0.29, 0.717) is 12.1 Å². The van der Waals surface area contributed by atoms with Gasteiger partial charge in [-0.15, -0.1) is 0 Å². The molecule has 1 atom stereocenters. The summed E-state index contributed by atoms with van der Waals surface area (Å²) in [5.74, 6) is 1.14. The largest absolute Gasteiger partial charge is 0.493 e. The van der Waals surface area contributed by atoms with Crippen LogP contribution in [0.4, 0.5) is 0 Å². The number of benzene rings is 1. The van der Waals surface area contributed by atoms with Crippen LogP contribution in [0.2, 0.25) is 0 Å². The number of nitrogens with zero attached hydrogens (tertiary/aromatic N) is 1. The molecular formula is C17H25BrN2O. The average Bonchev–Trinajstić information content (AvgIpc) is 2.86. The fourth-order valence-electron chi connectivity index (χ4n) is 3.51. The molecule has 0 spiro atoms. The predicted molar refractivity (Wildman–Crippen MR) is 89.9 cm³/mol. The van der Waals surface area contributed by atoms with Gasteiger partial charge in [0, 0.05) is 41.6 Å². The van der Waals surface area contributed by atoms with E-state index >= 15 is 0 Å². The number of fused-ring (bicyclic) bond motifs is 1. The molecule has 0 amide bonds. The van der Waals surface area contributed by atoms with Crippen molar-refractivity contribution in [3.63, 3.8) is 0 Å². The molecular weight excluding hydrogens is 328 g/mol.